The van der Waals surface area contributed by atoms with Crippen molar-refractivity contribution in [3.63, 3.8) is 0 Å². The molecule has 2 rings (SSSR count). The number of nitrogens with one attached hydrogen (secondary N) is 1. The topological polar surface area (TPSA) is 59.8 Å². The Balaban J connectivity index is 1.99. The molecular formula is C12H14N4O. The highest BCUT2D eigenvalue weighted by atomic mass is 16.1. The first-order valence-electron chi connectivity index (χ1n) is 5.45. The zero-order chi connectivity index (χ0) is 12.1. The fraction of sp³-hybridized carbons (Fsp3) is 0.250. The molecule has 1 N–H and O–H groups in total. The van der Waals surface area contributed by atoms with E-state index in [2.05, 4.69) is 15.4 Å². The number of carbonyl (C=O) groups excluding carboxylic acids is 1. The summed E-state index contributed by atoms with van der Waals surface area (Å²) in [6.07, 6.45) is 3.62. The smallest absolute Gasteiger partial charge is 0.216 e. The minimum Gasteiger partial charge on any atom is -0.354 e. The monoisotopic (exact) mass is 230 g/mol. The van der Waals surface area contributed by atoms with Gasteiger partial charge in [-0.3, -0.25) is 14.5 Å². The van der Waals surface area contributed by atoms with E-state index >= 15 is 0 Å². The van der Waals surface area contributed by atoms with Gasteiger partial charge in [0.2, 0.25) is 5.91 Å². The first kappa shape index (κ1) is 11.3. The summed E-state index contributed by atoms with van der Waals surface area (Å²) in [6.45, 7) is 2.74. The molecule has 0 fully saturated rings. The van der Waals surface area contributed by atoms with Gasteiger partial charge in [0, 0.05) is 25.9 Å². The van der Waals surface area contributed by atoms with Crippen LogP contribution in [0.25, 0.3) is 11.4 Å². The maximum atomic E-state index is 10.7. The van der Waals surface area contributed by atoms with Gasteiger partial charge in [0.25, 0.3) is 0 Å². The summed E-state index contributed by atoms with van der Waals surface area (Å²) in [5.74, 6) is -0.0258. The Kier molecular flexibility index (Phi) is 3.49. The first-order valence-corrected chi connectivity index (χ1v) is 5.45. The van der Waals surface area contributed by atoms with E-state index in [0.717, 1.165) is 11.4 Å². The van der Waals surface area contributed by atoms with Gasteiger partial charge in [-0.1, -0.05) is 6.07 Å². The van der Waals surface area contributed by atoms with Crippen molar-refractivity contribution in [3.05, 3.63) is 36.7 Å². The molecule has 0 atom stereocenters. The quantitative estimate of drug-likeness (QED) is 0.855. The van der Waals surface area contributed by atoms with Gasteiger partial charge in [-0.2, -0.15) is 5.10 Å². The van der Waals surface area contributed by atoms with Crippen molar-refractivity contribution in [2.24, 2.45) is 0 Å². The normalized spacial score (nSPS) is 10.2. The molecule has 0 spiro atoms. The van der Waals surface area contributed by atoms with Crippen LogP contribution in [-0.2, 0) is 11.3 Å². The van der Waals surface area contributed by atoms with Crippen molar-refractivity contribution in [1.29, 1.82) is 0 Å². The Morgan fingerprint density at radius 1 is 1.35 bits per heavy atom. The molecule has 0 aromatic carbocycles. The van der Waals surface area contributed by atoms with Crippen molar-refractivity contribution >= 4 is 5.91 Å². The molecular weight excluding hydrogens is 216 g/mol. The third-order valence-corrected chi connectivity index (χ3v) is 2.28. The summed E-state index contributed by atoms with van der Waals surface area (Å²) >= 11 is 0. The fourth-order valence-corrected chi connectivity index (χ4v) is 1.48. The van der Waals surface area contributed by atoms with Gasteiger partial charge in [0.15, 0.2) is 0 Å². The van der Waals surface area contributed by atoms with Crippen LogP contribution in [0.3, 0.4) is 0 Å². The van der Waals surface area contributed by atoms with Gasteiger partial charge in [0.05, 0.1) is 12.2 Å². The molecule has 5 nitrogen and oxygen atoms in total. The molecule has 0 bridgehead atoms. The molecule has 0 radical (unpaired) electrons. The van der Waals surface area contributed by atoms with Crippen LogP contribution < -0.4 is 5.32 Å². The Morgan fingerprint density at radius 2 is 2.24 bits per heavy atom. The van der Waals surface area contributed by atoms with Crippen molar-refractivity contribution in [1.82, 2.24) is 20.1 Å². The van der Waals surface area contributed by atoms with E-state index in [1.165, 1.54) is 6.92 Å². The number of amides is 1. The average molecular weight is 230 g/mol. The van der Waals surface area contributed by atoms with Crippen molar-refractivity contribution in [3.8, 4) is 11.4 Å². The SMILES string of the molecule is CC(=O)NCCn1ccc(-c2ccccn2)n1. The zero-order valence-electron chi connectivity index (χ0n) is 9.63. The molecule has 0 saturated carbocycles. The summed E-state index contributed by atoms with van der Waals surface area (Å²) in [5.41, 5.74) is 1.69. The highest BCUT2D eigenvalue weighted by Gasteiger charge is 2.02. The zero-order valence-corrected chi connectivity index (χ0v) is 9.63. The number of aromatic nitrogens is 3. The van der Waals surface area contributed by atoms with Gasteiger partial charge in [0.1, 0.15) is 5.69 Å². The highest BCUT2D eigenvalue weighted by Crippen LogP contribution is 2.12. The number of hydrogen-bond donors (Lipinski definition) is 1. The second-order valence-electron chi connectivity index (χ2n) is 3.66. The summed E-state index contributed by atoms with van der Waals surface area (Å²) in [5, 5.41) is 7.11. The van der Waals surface area contributed by atoms with E-state index in [1.54, 1.807) is 10.9 Å². The third kappa shape index (κ3) is 3.14. The second-order valence-corrected chi connectivity index (χ2v) is 3.66. The molecule has 0 aliphatic rings. The van der Waals surface area contributed by atoms with Gasteiger partial charge in [-0.05, 0) is 18.2 Å². The molecule has 2 heterocycles. The van der Waals surface area contributed by atoms with E-state index in [4.69, 9.17) is 0 Å². The third-order valence-electron chi connectivity index (χ3n) is 2.28. The number of hydrogen-bond acceptors (Lipinski definition) is 3. The molecule has 88 valence electrons. The van der Waals surface area contributed by atoms with Crippen LogP contribution in [0.4, 0.5) is 0 Å². The van der Waals surface area contributed by atoms with Crippen molar-refractivity contribution in [2.75, 3.05) is 6.54 Å². The fourth-order valence-electron chi connectivity index (χ4n) is 1.48. The van der Waals surface area contributed by atoms with Gasteiger partial charge >= 0.3 is 0 Å². The lowest BCUT2D eigenvalue weighted by atomic mass is 10.3. The van der Waals surface area contributed by atoms with Crippen molar-refractivity contribution in [2.45, 2.75) is 13.5 Å². The molecule has 0 unspecified atom stereocenters. The molecule has 1 amide bonds. The molecule has 0 saturated heterocycles. The van der Waals surface area contributed by atoms with Crippen LogP contribution in [0.1, 0.15) is 6.92 Å². The summed E-state index contributed by atoms with van der Waals surface area (Å²) in [4.78, 5) is 14.9. The number of rotatable bonds is 4. The summed E-state index contributed by atoms with van der Waals surface area (Å²) in [7, 11) is 0. The van der Waals surface area contributed by atoms with Crippen LogP contribution in [0.15, 0.2) is 36.7 Å². The molecule has 0 aliphatic heterocycles. The lowest BCUT2D eigenvalue weighted by Crippen LogP contribution is -2.24. The van der Waals surface area contributed by atoms with Gasteiger partial charge in [-0.25, -0.2) is 0 Å². The van der Waals surface area contributed by atoms with Crippen LogP contribution in [0.2, 0.25) is 0 Å². The molecule has 2 aromatic rings. The lowest BCUT2D eigenvalue weighted by molar-refractivity contribution is -0.118. The summed E-state index contributed by atoms with van der Waals surface area (Å²) < 4.78 is 1.79. The molecule has 17 heavy (non-hydrogen) atoms. The lowest BCUT2D eigenvalue weighted by Gasteiger charge is -2.02. The first-order chi connectivity index (χ1) is 8.25. The number of nitrogens with zero attached hydrogens (tertiary/aromatic N) is 3. The minimum absolute atomic E-state index is 0.0258. The van der Waals surface area contributed by atoms with Crippen molar-refractivity contribution < 1.29 is 4.79 Å². The molecule has 2 aromatic heterocycles. The number of carbonyl (C=O) groups is 1. The van der Waals surface area contributed by atoms with Gasteiger partial charge in [-0.15, -0.1) is 0 Å². The maximum absolute atomic E-state index is 10.7. The Bertz CT molecular complexity index is 492. The van der Waals surface area contributed by atoms with E-state index in [9.17, 15) is 4.79 Å². The maximum Gasteiger partial charge on any atom is 0.216 e. The van der Waals surface area contributed by atoms with E-state index in [-0.39, 0.29) is 5.91 Å². The summed E-state index contributed by atoms with van der Waals surface area (Å²) in [6, 6.07) is 7.63. The highest BCUT2D eigenvalue weighted by molar-refractivity contribution is 5.72. The molecule has 0 aliphatic carbocycles. The van der Waals surface area contributed by atoms with Crippen LogP contribution in [0.5, 0.6) is 0 Å². The average Bonchev–Trinajstić information content (AvgIpc) is 2.78. The van der Waals surface area contributed by atoms with E-state index in [1.807, 2.05) is 30.5 Å². The number of pyridine rings is 1. The minimum atomic E-state index is -0.0258. The largest absolute Gasteiger partial charge is 0.354 e. The van der Waals surface area contributed by atoms with Crippen LogP contribution >= 0.6 is 0 Å². The van der Waals surface area contributed by atoms with E-state index in [0.29, 0.717) is 13.1 Å². The Morgan fingerprint density at radius 3 is 2.94 bits per heavy atom. The van der Waals surface area contributed by atoms with Crippen LogP contribution in [-0.4, -0.2) is 27.2 Å². The van der Waals surface area contributed by atoms with Gasteiger partial charge < -0.3 is 5.32 Å². The van der Waals surface area contributed by atoms with E-state index < -0.39 is 0 Å². The predicted molar refractivity (Wildman–Crippen MR) is 64.1 cm³/mol. The predicted octanol–water partition coefficient (Wildman–Crippen LogP) is 1.08. The Hall–Kier alpha value is -2.17. The van der Waals surface area contributed by atoms with Crippen LogP contribution in [0, 0.1) is 0 Å². The second kappa shape index (κ2) is 5.25. The molecule has 5 heteroatoms. The standard InChI is InChI=1S/C12H14N4O/c1-10(17)13-7-9-16-8-5-12(15-16)11-4-2-3-6-14-11/h2-6,8H,7,9H2,1H3,(H,13,17). The Labute approximate surface area is 99.5 Å².